The largest absolute Gasteiger partial charge is 0.325 e. The third kappa shape index (κ3) is 4.75. The molecule has 0 bridgehead atoms. The van der Waals surface area contributed by atoms with Crippen molar-refractivity contribution in [2.45, 2.75) is 22.7 Å². The molecule has 4 aromatic rings. The van der Waals surface area contributed by atoms with Gasteiger partial charge in [0.15, 0.2) is 0 Å². The normalized spacial score (nSPS) is 20.1. The molecule has 11 heteroatoms. The van der Waals surface area contributed by atoms with Crippen molar-refractivity contribution in [2.75, 3.05) is 10.2 Å². The van der Waals surface area contributed by atoms with Crippen molar-refractivity contribution in [3.8, 4) is 0 Å². The van der Waals surface area contributed by atoms with Gasteiger partial charge in [0.1, 0.15) is 11.8 Å². The number of nitrogens with one attached hydrogen (secondary N) is 1. The summed E-state index contributed by atoms with van der Waals surface area (Å²) in [5, 5.41) is 3.09. The highest BCUT2D eigenvalue weighted by Crippen LogP contribution is 2.54. The second kappa shape index (κ2) is 10.4. The summed E-state index contributed by atoms with van der Waals surface area (Å²) in [5.74, 6) is -2.30. The van der Waals surface area contributed by atoms with Gasteiger partial charge in [-0.3, -0.25) is 23.7 Å². The molecule has 1 N–H and O–H groups in total. The Morgan fingerprint density at radius 1 is 0.949 bits per heavy atom. The number of para-hydroxylation sites is 1. The number of carbonyl (C=O) groups is 3. The first kappa shape index (κ1) is 26.1. The minimum absolute atomic E-state index is 0.210. The number of fused-ring (bicyclic) bond motifs is 2. The zero-order valence-corrected chi connectivity index (χ0v) is 24.0. The zero-order valence-electron chi connectivity index (χ0n) is 20.0. The van der Waals surface area contributed by atoms with E-state index in [0.717, 1.165) is 21.4 Å². The Kier molecular flexibility index (Phi) is 6.96. The minimum Gasteiger partial charge on any atom is -0.325 e. The summed E-state index contributed by atoms with van der Waals surface area (Å²) in [7, 11) is 0. The number of benzene rings is 3. The van der Waals surface area contributed by atoms with Crippen molar-refractivity contribution in [2.24, 2.45) is 5.92 Å². The monoisotopic (exact) mass is 639 g/mol. The number of thiazole rings is 1. The molecule has 3 aromatic carbocycles. The fourth-order valence-electron chi connectivity index (χ4n) is 5.02. The van der Waals surface area contributed by atoms with Crippen LogP contribution in [0.1, 0.15) is 16.4 Å². The molecule has 6 rings (SSSR count). The van der Waals surface area contributed by atoms with Crippen molar-refractivity contribution in [1.29, 1.82) is 0 Å². The van der Waals surface area contributed by atoms with Crippen molar-refractivity contribution in [1.82, 2.24) is 4.57 Å². The number of hydrogen-bond acceptors (Lipinski definition) is 6. The van der Waals surface area contributed by atoms with Gasteiger partial charge in [0.05, 0.1) is 16.6 Å². The van der Waals surface area contributed by atoms with Gasteiger partial charge in [-0.15, -0.1) is 0 Å². The van der Waals surface area contributed by atoms with Crippen LogP contribution in [-0.4, -0.2) is 27.5 Å². The maximum atomic E-state index is 13.9. The maximum absolute atomic E-state index is 13.9. The molecule has 3 atom stereocenters. The first-order valence-electron chi connectivity index (χ1n) is 12.0. The average molecular weight is 641 g/mol. The standard InChI is InChI=1S/C28H19BrClN3O4S2/c29-16-6-4-5-15(13-16)21-22-23(26(36)33(25(22)35)19-11-9-17(30)10-12-19)38-27-24(21)39-28(37)32(27)14-20(34)31-18-7-2-1-3-8-18/h1-13,21-23H,14H2,(H,31,34)/t21-,22-,23+/m0/s1. The topological polar surface area (TPSA) is 88.5 Å². The Balaban J connectivity index is 1.42. The fraction of sp³-hybridized carbons (Fsp3) is 0.143. The van der Waals surface area contributed by atoms with Gasteiger partial charge in [0, 0.05) is 26.0 Å². The Labute approximate surface area is 244 Å². The number of nitrogens with zero attached hydrogens (tertiary/aromatic N) is 2. The van der Waals surface area contributed by atoms with Crippen LogP contribution >= 0.6 is 50.6 Å². The molecule has 2 aliphatic heterocycles. The van der Waals surface area contributed by atoms with Crippen LogP contribution in [0.15, 0.2) is 93.2 Å². The van der Waals surface area contributed by atoms with E-state index in [2.05, 4.69) is 21.2 Å². The molecule has 1 fully saturated rings. The lowest BCUT2D eigenvalue weighted by molar-refractivity contribution is -0.122. The Hall–Kier alpha value is -3.18. The zero-order chi connectivity index (χ0) is 27.3. The lowest BCUT2D eigenvalue weighted by atomic mass is 9.83. The number of imide groups is 1. The van der Waals surface area contributed by atoms with Gasteiger partial charge in [-0.2, -0.15) is 0 Å². The van der Waals surface area contributed by atoms with Crippen molar-refractivity contribution >= 4 is 79.7 Å². The predicted octanol–water partition coefficient (Wildman–Crippen LogP) is 5.76. The van der Waals surface area contributed by atoms with Crippen LogP contribution in [0.3, 0.4) is 0 Å². The fourth-order valence-corrected chi connectivity index (χ4v) is 8.34. The third-order valence-electron chi connectivity index (χ3n) is 6.70. The van der Waals surface area contributed by atoms with E-state index < -0.39 is 17.1 Å². The van der Waals surface area contributed by atoms with E-state index in [-0.39, 0.29) is 29.1 Å². The Morgan fingerprint density at radius 2 is 1.69 bits per heavy atom. The highest BCUT2D eigenvalue weighted by atomic mass is 79.9. The van der Waals surface area contributed by atoms with Crippen LogP contribution in [0.25, 0.3) is 0 Å². The summed E-state index contributed by atoms with van der Waals surface area (Å²) in [6.07, 6.45) is 0. The first-order valence-corrected chi connectivity index (χ1v) is 14.8. The summed E-state index contributed by atoms with van der Waals surface area (Å²) in [6.45, 7) is -0.210. The first-order chi connectivity index (χ1) is 18.8. The van der Waals surface area contributed by atoms with E-state index in [0.29, 0.717) is 26.3 Å². The number of carbonyl (C=O) groups excluding carboxylic acids is 3. The Morgan fingerprint density at radius 3 is 2.41 bits per heavy atom. The number of amides is 3. The predicted molar refractivity (Wildman–Crippen MR) is 157 cm³/mol. The number of hydrogen-bond donors (Lipinski definition) is 1. The van der Waals surface area contributed by atoms with Crippen molar-refractivity contribution in [3.63, 3.8) is 0 Å². The van der Waals surface area contributed by atoms with Crippen LogP contribution in [0.2, 0.25) is 5.02 Å². The van der Waals surface area contributed by atoms with Crippen LogP contribution in [0, 0.1) is 5.92 Å². The molecule has 2 aliphatic rings. The van der Waals surface area contributed by atoms with Gasteiger partial charge in [-0.25, -0.2) is 4.90 Å². The number of rotatable bonds is 5. The molecule has 0 aliphatic carbocycles. The van der Waals surface area contributed by atoms with E-state index in [1.54, 1.807) is 36.4 Å². The van der Waals surface area contributed by atoms with Gasteiger partial charge < -0.3 is 5.32 Å². The van der Waals surface area contributed by atoms with E-state index in [1.807, 2.05) is 42.5 Å². The van der Waals surface area contributed by atoms with Crippen LogP contribution in [0.5, 0.6) is 0 Å². The quantitative estimate of drug-likeness (QED) is 0.280. The molecule has 196 valence electrons. The number of aromatic nitrogens is 1. The minimum atomic E-state index is -0.762. The van der Waals surface area contributed by atoms with E-state index in [1.165, 1.54) is 21.2 Å². The molecule has 1 aromatic heterocycles. The van der Waals surface area contributed by atoms with Gasteiger partial charge in [-0.05, 0) is 54.1 Å². The van der Waals surface area contributed by atoms with Gasteiger partial charge >= 0.3 is 4.87 Å². The summed E-state index contributed by atoms with van der Waals surface area (Å²) >= 11 is 11.8. The number of halogens is 2. The second-order valence-electron chi connectivity index (χ2n) is 9.12. The maximum Gasteiger partial charge on any atom is 0.308 e. The van der Waals surface area contributed by atoms with Crippen LogP contribution < -0.4 is 15.1 Å². The summed E-state index contributed by atoms with van der Waals surface area (Å²) in [6, 6.07) is 23.1. The third-order valence-corrected chi connectivity index (χ3v) is 10.1. The van der Waals surface area contributed by atoms with E-state index in [4.69, 9.17) is 11.6 Å². The van der Waals surface area contributed by atoms with Crippen molar-refractivity contribution in [3.05, 3.63) is 108 Å². The van der Waals surface area contributed by atoms with E-state index in [9.17, 15) is 19.2 Å². The lowest BCUT2D eigenvalue weighted by Gasteiger charge is -2.30. The molecule has 0 spiro atoms. The summed E-state index contributed by atoms with van der Waals surface area (Å²) in [4.78, 5) is 55.3. The summed E-state index contributed by atoms with van der Waals surface area (Å²) in [5.41, 5.74) is 1.87. The molecule has 0 unspecified atom stereocenters. The summed E-state index contributed by atoms with van der Waals surface area (Å²) < 4.78 is 2.23. The smallest absolute Gasteiger partial charge is 0.308 e. The lowest BCUT2D eigenvalue weighted by Crippen LogP contribution is -2.33. The molecular formula is C28H19BrClN3O4S2. The van der Waals surface area contributed by atoms with Gasteiger partial charge in [0.25, 0.3) is 0 Å². The molecule has 3 amide bonds. The highest BCUT2D eigenvalue weighted by molar-refractivity contribution is 9.10. The Bertz CT molecular complexity index is 1670. The molecule has 1 saturated heterocycles. The van der Waals surface area contributed by atoms with Crippen LogP contribution in [0.4, 0.5) is 11.4 Å². The van der Waals surface area contributed by atoms with Crippen LogP contribution in [-0.2, 0) is 20.9 Å². The number of thioether (sulfide) groups is 1. The van der Waals surface area contributed by atoms with Gasteiger partial charge in [0.2, 0.25) is 17.7 Å². The SMILES string of the molecule is O=C(Cn1c2c(sc1=O)[C@@H](c1cccc(Br)c1)[C@@H]1C(=O)N(c3ccc(Cl)cc3)C(=O)[C@@H]1S2)Nc1ccccc1. The van der Waals surface area contributed by atoms with Gasteiger partial charge in [-0.1, -0.05) is 81.0 Å². The molecule has 0 radical (unpaired) electrons. The second-order valence-corrected chi connectivity index (χ2v) is 12.6. The van der Waals surface area contributed by atoms with Crippen molar-refractivity contribution < 1.29 is 14.4 Å². The molecule has 7 nitrogen and oxygen atoms in total. The molecule has 39 heavy (non-hydrogen) atoms. The van der Waals surface area contributed by atoms with E-state index >= 15 is 0 Å². The molecular weight excluding hydrogens is 622 g/mol. The highest BCUT2D eigenvalue weighted by Gasteiger charge is 2.56. The molecule has 0 saturated carbocycles. The molecule has 3 heterocycles. The average Bonchev–Trinajstić information content (AvgIpc) is 3.36. The number of anilines is 2.